The molecule has 1 heterocycles. The molecule has 0 bridgehead atoms. The number of rotatable bonds is 5. The van der Waals surface area contributed by atoms with Crippen LogP contribution in [0.3, 0.4) is 0 Å². The minimum atomic E-state index is 0.550. The van der Waals surface area contributed by atoms with Gasteiger partial charge in [-0.25, -0.2) is 0 Å². The van der Waals surface area contributed by atoms with Gasteiger partial charge in [-0.05, 0) is 30.5 Å². The summed E-state index contributed by atoms with van der Waals surface area (Å²) < 4.78 is 5.24. The van der Waals surface area contributed by atoms with Gasteiger partial charge >= 0.3 is 0 Å². The highest BCUT2D eigenvalue weighted by Gasteiger charge is 2.13. The summed E-state index contributed by atoms with van der Waals surface area (Å²) in [4.78, 5) is 0. The Bertz CT molecular complexity index is 520. The SMILES string of the molecule is CCCCc1[nH]nc(N)c1-c1cccc(OC)c1. The van der Waals surface area contributed by atoms with Crippen molar-refractivity contribution in [2.75, 3.05) is 12.8 Å². The number of aromatic amines is 1. The lowest BCUT2D eigenvalue weighted by Gasteiger charge is -2.06. The first-order valence-electron chi connectivity index (χ1n) is 6.23. The van der Waals surface area contributed by atoms with E-state index >= 15 is 0 Å². The summed E-state index contributed by atoms with van der Waals surface area (Å²) in [6.07, 6.45) is 3.24. The van der Waals surface area contributed by atoms with Crippen molar-refractivity contribution in [2.45, 2.75) is 26.2 Å². The molecule has 2 aromatic rings. The van der Waals surface area contributed by atoms with E-state index in [2.05, 4.69) is 17.1 Å². The molecule has 1 aromatic heterocycles. The molecule has 4 nitrogen and oxygen atoms in total. The third kappa shape index (κ3) is 2.47. The quantitative estimate of drug-likeness (QED) is 0.851. The van der Waals surface area contributed by atoms with Gasteiger partial charge in [0, 0.05) is 11.3 Å². The largest absolute Gasteiger partial charge is 0.497 e. The molecule has 0 radical (unpaired) electrons. The number of nitrogens with two attached hydrogens (primary N) is 1. The third-order valence-electron chi connectivity index (χ3n) is 3.01. The molecule has 0 amide bonds. The van der Waals surface area contributed by atoms with E-state index in [9.17, 15) is 0 Å². The highest BCUT2D eigenvalue weighted by atomic mass is 16.5. The second-order valence-electron chi connectivity index (χ2n) is 4.30. The summed E-state index contributed by atoms with van der Waals surface area (Å²) in [5.41, 5.74) is 9.10. The van der Waals surface area contributed by atoms with E-state index in [-0.39, 0.29) is 0 Å². The van der Waals surface area contributed by atoms with Crippen LogP contribution < -0.4 is 10.5 Å². The van der Waals surface area contributed by atoms with E-state index in [4.69, 9.17) is 10.5 Å². The van der Waals surface area contributed by atoms with Crippen molar-refractivity contribution in [1.82, 2.24) is 10.2 Å². The molecule has 4 heteroatoms. The zero-order valence-electron chi connectivity index (χ0n) is 10.9. The number of hydrogen-bond donors (Lipinski definition) is 2. The van der Waals surface area contributed by atoms with Gasteiger partial charge in [0.05, 0.1) is 7.11 Å². The first-order valence-corrected chi connectivity index (χ1v) is 6.23. The Hall–Kier alpha value is -1.97. The number of ether oxygens (including phenoxy) is 1. The molecule has 0 aliphatic heterocycles. The normalized spacial score (nSPS) is 10.6. The molecule has 96 valence electrons. The van der Waals surface area contributed by atoms with Gasteiger partial charge in [-0.15, -0.1) is 0 Å². The Balaban J connectivity index is 2.38. The van der Waals surface area contributed by atoms with Gasteiger partial charge in [0.15, 0.2) is 5.82 Å². The Kier molecular flexibility index (Phi) is 3.87. The molecule has 0 spiro atoms. The van der Waals surface area contributed by atoms with Gasteiger partial charge in [0.2, 0.25) is 0 Å². The molecular formula is C14H19N3O. The molecule has 0 atom stereocenters. The van der Waals surface area contributed by atoms with Gasteiger partial charge in [-0.2, -0.15) is 5.10 Å². The molecule has 0 saturated heterocycles. The number of nitrogens with one attached hydrogen (secondary N) is 1. The predicted molar refractivity (Wildman–Crippen MR) is 73.6 cm³/mol. The zero-order chi connectivity index (χ0) is 13.0. The summed E-state index contributed by atoms with van der Waals surface area (Å²) in [6.45, 7) is 2.17. The monoisotopic (exact) mass is 245 g/mol. The van der Waals surface area contributed by atoms with Crippen molar-refractivity contribution in [3.63, 3.8) is 0 Å². The lowest BCUT2D eigenvalue weighted by atomic mass is 10.0. The maximum Gasteiger partial charge on any atom is 0.153 e. The predicted octanol–water partition coefficient (Wildman–Crippen LogP) is 3.01. The van der Waals surface area contributed by atoms with Gasteiger partial charge in [0.1, 0.15) is 5.75 Å². The van der Waals surface area contributed by atoms with Crippen LogP contribution in [0.25, 0.3) is 11.1 Å². The summed E-state index contributed by atoms with van der Waals surface area (Å²) in [5.74, 6) is 1.38. The van der Waals surface area contributed by atoms with E-state index < -0.39 is 0 Å². The van der Waals surface area contributed by atoms with Gasteiger partial charge in [0.25, 0.3) is 0 Å². The fraction of sp³-hybridized carbons (Fsp3) is 0.357. The average Bonchev–Trinajstić information content (AvgIpc) is 2.77. The van der Waals surface area contributed by atoms with Crippen LogP contribution in [-0.4, -0.2) is 17.3 Å². The lowest BCUT2D eigenvalue weighted by molar-refractivity contribution is 0.415. The van der Waals surface area contributed by atoms with Crippen molar-refractivity contribution in [3.05, 3.63) is 30.0 Å². The molecule has 0 unspecified atom stereocenters. The standard InChI is InChI=1S/C14H19N3O/c1-3-4-8-12-13(14(15)17-16-12)10-6-5-7-11(9-10)18-2/h5-7,9H,3-4,8H2,1-2H3,(H3,15,16,17). The number of benzene rings is 1. The fourth-order valence-electron chi connectivity index (χ4n) is 2.03. The number of unbranched alkanes of at least 4 members (excludes halogenated alkanes) is 1. The topological polar surface area (TPSA) is 63.9 Å². The van der Waals surface area contributed by atoms with Crippen molar-refractivity contribution < 1.29 is 4.74 Å². The summed E-state index contributed by atoms with van der Waals surface area (Å²) in [7, 11) is 1.66. The number of aryl methyl sites for hydroxylation is 1. The van der Waals surface area contributed by atoms with Crippen LogP contribution in [0, 0.1) is 0 Å². The van der Waals surface area contributed by atoms with Crippen LogP contribution in [0.1, 0.15) is 25.5 Å². The van der Waals surface area contributed by atoms with Crippen LogP contribution in [0.4, 0.5) is 5.82 Å². The molecule has 3 N–H and O–H groups in total. The van der Waals surface area contributed by atoms with Crippen molar-refractivity contribution in [3.8, 4) is 16.9 Å². The van der Waals surface area contributed by atoms with Crippen LogP contribution >= 0.6 is 0 Å². The number of methoxy groups -OCH3 is 1. The Morgan fingerprint density at radius 3 is 2.94 bits per heavy atom. The van der Waals surface area contributed by atoms with Crippen LogP contribution in [0.15, 0.2) is 24.3 Å². The molecule has 18 heavy (non-hydrogen) atoms. The number of nitrogen functional groups attached to an aromatic ring is 1. The van der Waals surface area contributed by atoms with Crippen LogP contribution in [-0.2, 0) is 6.42 Å². The van der Waals surface area contributed by atoms with Gasteiger partial charge < -0.3 is 10.5 Å². The lowest BCUT2D eigenvalue weighted by Crippen LogP contribution is -1.92. The van der Waals surface area contributed by atoms with Gasteiger partial charge in [-0.3, -0.25) is 5.10 Å². The Morgan fingerprint density at radius 1 is 1.39 bits per heavy atom. The molecule has 0 saturated carbocycles. The van der Waals surface area contributed by atoms with E-state index in [1.807, 2.05) is 24.3 Å². The number of hydrogen-bond acceptors (Lipinski definition) is 3. The van der Waals surface area contributed by atoms with Crippen molar-refractivity contribution in [2.24, 2.45) is 0 Å². The second kappa shape index (κ2) is 5.58. The zero-order valence-corrected chi connectivity index (χ0v) is 10.9. The highest BCUT2D eigenvalue weighted by molar-refractivity contribution is 5.77. The van der Waals surface area contributed by atoms with E-state index in [0.717, 1.165) is 41.8 Å². The fourth-order valence-corrected chi connectivity index (χ4v) is 2.03. The number of aromatic nitrogens is 2. The Morgan fingerprint density at radius 2 is 2.22 bits per heavy atom. The molecule has 0 fully saturated rings. The van der Waals surface area contributed by atoms with Crippen LogP contribution in [0.2, 0.25) is 0 Å². The average molecular weight is 245 g/mol. The number of nitrogens with zero attached hydrogens (tertiary/aromatic N) is 1. The van der Waals surface area contributed by atoms with Crippen molar-refractivity contribution >= 4 is 5.82 Å². The highest BCUT2D eigenvalue weighted by Crippen LogP contribution is 2.31. The maximum absolute atomic E-state index is 5.95. The first-order chi connectivity index (χ1) is 8.76. The number of anilines is 1. The smallest absolute Gasteiger partial charge is 0.153 e. The van der Waals surface area contributed by atoms with E-state index in [0.29, 0.717) is 5.82 Å². The minimum absolute atomic E-state index is 0.550. The molecule has 1 aromatic carbocycles. The molecule has 0 aliphatic carbocycles. The first kappa shape index (κ1) is 12.5. The number of H-pyrrole nitrogens is 1. The molecular weight excluding hydrogens is 226 g/mol. The molecule has 2 rings (SSSR count). The second-order valence-corrected chi connectivity index (χ2v) is 4.30. The van der Waals surface area contributed by atoms with E-state index in [1.54, 1.807) is 7.11 Å². The third-order valence-corrected chi connectivity index (χ3v) is 3.01. The summed E-state index contributed by atoms with van der Waals surface area (Å²) in [6, 6.07) is 7.89. The minimum Gasteiger partial charge on any atom is -0.497 e. The summed E-state index contributed by atoms with van der Waals surface area (Å²) in [5, 5.41) is 7.14. The van der Waals surface area contributed by atoms with Gasteiger partial charge in [-0.1, -0.05) is 25.5 Å². The summed E-state index contributed by atoms with van der Waals surface area (Å²) >= 11 is 0. The molecule has 0 aliphatic rings. The Labute approximate surface area is 107 Å². The maximum atomic E-state index is 5.95. The van der Waals surface area contributed by atoms with E-state index in [1.165, 1.54) is 0 Å². The van der Waals surface area contributed by atoms with Crippen LogP contribution in [0.5, 0.6) is 5.75 Å². The van der Waals surface area contributed by atoms with Crippen molar-refractivity contribution in [1.29, 1.82) is 0 Å².